The van der Waals surface area contributed by atoms with Crippen LogP contribution in [-0.4, -0.2) is 15.9 Å². The molecule has 1 aliphatic rings. The molecule has 4 N–H and O–H groups in total. The van der Waals surface area contributed by atoms with E-state index >= 15 is 0 Å². The van der Waals surface area contributed by atoms with Crippen molar-refractivity contribution in [2.24, 2.45) is 5.73 Å². The number of hydrogen-bond acceptors (Lipinski definition) is 3. The molecule has 0 spiro atoms. The molecule has 0 radical (unpaired) electrons. The number of hydrogen-bond donors (Lipinski definition) is 3. The normalized spacial score (nSPS) is 14.6. The Labute approximate surface area is 156 Å². The molecule has 0 bridgehead atoms. The standard InChI is InChI=1S/C20H19ClN4O/c21-19-18(14-6-8-16-13(11-14)7-9-17(26)23-16)24-20(25-19)15(22)10-12-4-2-1-3-5-12/h1-6,8,11,15H,7,9-10,22H2,(H,23,26)(H,24,25). The van der Waals surface area contributed by atoms with E-state index in [2.05, 4.69) is 15.3 Å². The van der Waals surface area contributed by atoms with E-state index in [0.717, 1.165) is 28.8 Å². The van der Waals surface area contributed by atoms with Gasteiger partial charge in [0.05, 0.1) is 6.04 Å². The highest BCUT2D eigenvalue weighted by Crippen LogP contribution is 2.32. The molecule has 1 aliphatic heterocycles. The number of nitrogens with one attached hydrogen (secondary N) is 2. The molecule has 0 fully saturated rings. The van der Waals surface area contributed by atoms with Gasteiger partial charge in [0, 0.05) is 17.7 Å². The molecular weight excluding hydrogens is 348 g/mol. The van der Waals surface area contributed by atoms with Gasteiger partial charge in [-0.15, -0.1) is 0 Å². The number of nitrogens with two attached hydrogens (primary N) is 1. The number of anilines is 1. The summed E-state index contributed by atoms with van der Waals surface area (Å²) in [7, 11) is 0. The molecule has 4 rings (SSSR count). The summed E-state index contributed by atoms with van der Waals surface area (Å²) in [6.45, 7) is 0. The molecule has 26 heavy (non-hydrogen) atoms. The quantitative estimate of drug-likeness (QED) is 0.655. The Hall–Kier alpha value is -2.63. The highest BCUT2D eigenvalue weighted by molar-refractivity contribution is 6.31. The van der Waals surface area contributed by atoms with Crippen molar-refractivity contribution in [1.82, 2.24) is 9.97 Å². The van der Waals surface area contributed by atoms with E-state index < -0.39 is 0 Å². The third-order valence-electron chi connectivity index (χ3n) is 4.60. The van der Waals surface area contributed by atoms with Crippen LogP contribution in [0.1, 0.15) is 29.4 Å². The van der Waals surface area contributed by atoms with Gasteiger partial charge < -0.3 is 16.0 Å². The smallest absolute Gasteiger partial charge is 0.224 e. The molecule has 0 saturated heterocycles. The molecule has 1 amide bonds. The van der Waals surface area contributed by atoms with E-state index in [9.17, 15) is 4.79 Å². The van der Waals surface area contributed by atoms with Crippen LogP contribution >= 0.6 is 11.6 Å². The molecule has 1 atom stereocenters. The Morgan fingerprint density at radius 2 is 1.96 bits per heavy atom. The lowest BCUT2D eigenvalue weighted by molar-refractivity contribution is -0.116. The molecule has 2 aromatic carbocycles. The first-order valence-corrected chi connectivity index (χ1v) is 8.96. The lowest BCUT2D eigenvalue weighted by Gasteiger charge is -2.17. The van der Waals surface area contributed by atoms with E-state index in [1.165, 1.54) is 0 Å². The second-order valence-electron chi connectivity index (χ2n) is 6.50. The monoisotopic (exact) mass is 366 g/mol. The summed E-state index contributed by atoms with van der Waals surface area (Å²) in [4.78, 5) is 19.2. The number of rotatable bonds is 4. The molecule has 1 unspecified atom stereocenters. The maximum atomic E-state index is 11.5. The largest absolute Gasteiger partial charge is 0.331 e. The summed E-state index contributed by atoms with van der Waals surface area (Å²) in [6, 6.07) is 15.6. The Bertz CT molecular complexity index is 952. The fraction of sp³-hybridized carbons (Fsp3) is 0.200. The number of imidazole rings is 1. The molecule has 1 aromatic heterocycles. The number of aryl methyl sites for hydroxylation is 1. The Morgan fingerprint density at radius 3 is 2.77 bits per heavy atom. The number of carbonyl (C=O) groups is 1. The maximum absolute atomic E-state index is 11.5. The fourth-order valence-corrected chi connectivity index (χ4v) is 3.48. The van der Waals surface area contributed by atoms with Crippen molar-refractivity contribution in [3.8, 4) is 11.3 Å². The summed E-state index contributed by atoms with van der Waals surface area (Å²) < 4.78 is 0. The van der Waals surface area contributed by atoms with Crippen molar-refractivity contribution in [3.05, 3.63) is 70.6 Å². The first kappa shape index (κ1) is 16.8. The van der Waals surface area contributed by atoms with Crippen LogP contribution in [0.3, 0.4) is 0 Å². The zero-order chi connectivity index (χ0) is 18.1. The summed E-state index contributed by atoms with van der Waals surface area (Å²) in [5.41, 5.74) is 11.0. The number of aromatic amines is 1. The van der Waals surface area contributed by atoms with Gasteiger partial charge in [-0.3, -0.25) is 4.79 Å². The van der Waals surface area contributed by atoms with E-state index in [0.29, 0.717) is 29.5 Å². The number of fused-ring (bicyclic) bond motifs is 1. The highest BCUT2D eigenvalue weighted by atomic mass is 35.5. The topological polar surface area (TPSA) is 83.8 Å². The first-order chi connectivity index (χ1) is 12.6. The van der Waals surface area contributed by atoms with Crippen molar-refractivity contribution in [2.75, 3.05) is 5.32 Å². The lowest BCUT2D eigenvalue weighted by Crippen LogP contribution is -2.18. The number of H-pyrrole nitrogens is 1. The van der Waals surface area contributed by atoms with Crippen molar-refractivity contribution < 1.29 is 4.79 Å². The van der Waals surface area contributed by atoms with Crippen LogP contribution in [0.2, 0.25) is 5.15 Å². The SMILES string of the molecule is NC(Cc1ccccc1)c1nc(-c2ccc3c(c2)CCC(=O)N3)c(Cl)[nH]1. The van der Waals surface area contributed by atoms with Crippen molar-refractivity contribution >= 4 is 23.2 Å². The van der Waals surface area contributed by atoms with Crippen molar-refractivity contribution in [2.45, 2.75) is 25.3 Å². The second kappa shape index (κ2) is 6.94. The van der Waals surface area contributed by atoms with E-state index in [-0.39, 0.29) is 11.9 Å². The average molecular weight is 367 g/mol. The third kappa shape index (κ3) is 3.36. The van der Waals surface area contributed by atoms with Gasteiger partial charge in [0.15, 0.2) is 0 Å². The summed E-state index contributed by atoms with van der Waals surface area (Å²) in [6.07, 6.45) is 1.90. The van der Waals surface area contributed by atoms with E-state index in [1.807, 2.05) is 48.5 Å². The number of aromatic nitrogens is 2. The number of nitrogens with zero attached hydrogens (tertiary/aromatic N) is 1. The molecule has 132 valence electrons. The van der Waals surface area contributed by atoms with Gasteiger partial charge >= 0.3 is 0 Å². The number of amides is 1. The summed E-state index contributed by atoms with van der Waals surface area (Å²) in [5.74, 6) is 0.720. The minimum absolute atomic E-state index is 0.0530. The van der Waals surface area contributed by atoms with Gasteiger partial charge in [-0.1, -0.05) is 48.0 Å². The second-order valence-corrected chi connectivity index (χ2v) is 6.88. The number of carbonyl (C=O) groups excluding carboxylic acids is 1. The van der Waals surface area contributed by atoms with Gasteiger partial charge in [-0.25, -0.2) is 4.98 Å². The Kier molecular flexibility index (Phi) is 4.49. The van der Waals surface area contributed by atoms with Gasteiger partial charge in [-0.05, 0) is 36.1 Å². The van der Waals surface area contributed by atoms with Crippen LogP contribution in [0.5, 0.6) is 0 Å². The average Bonchev–Trinajstić information content (AvgIpc) is 3.04. The number of halogens is 1. The van der Waals surface area contributed by atoms with Crippen LogP contribution in [-0.2, 0) is 17.6 Å². The molecule has 0 aliphatic carbocycles. The predicted octanol–water partition coefficient (Wildman–Crippen LogP) is 3.86. The Balaban J connectivity index is 1.59. The lowest BCUT2D eigenvalue weighted by atomic mass is 9.99. The Morgan fingerprint density at radius 1 is 1.15 bits per heavy atom. The van der Waals surface area contributed by atoms with Gasteiger partial charge in [0.25, 0.3) is 0 Å². The predicted molar refractivity (Wildman–Crippen MR) is 103 cm³/mol. The van der Waals surface area contributed by atoms with Crippen LogP contribution in [0.15, 0.2) is 48.5 Å². The van der Waals surface area contributed by atoms with Crippen molar-refractivity contribution in [3.63, 3.8) is 0 Å². The molecular formula is C20H19ClN4O. The van der Waals surface area contributed by atoms with Gasteiger partial charge in [0.2, 0.25) is 5.91 Å². The van der Waals surface area contributed by atoms with Gasteiger partial charge in [0.1, 0.15) is 16.7 Å². The third-order valence-corrected chi connectivity index (χ3v) is 4.88. The molecule has 6 heteroatoms. The number of benzene rings is 2. The molecule has 3 aromatic rings. The molecule has 2 heterocycles. The highest BCUT2D eigenvalue weighted by Gasteiger charge is 2.19. The van der Waals surface area contributed by atoms with Crippen molar-refractivity contribution in [1.29, 1.82) is 0 Å². The minimum Gasteiger partial charge on any atom is -0.331 e. The van der Waals surface area contributed by atoms with Crippen LogP contribution in [0.25, 0.3) is 11.3 Å². The first-order valence-electron chi connectivity index (χ1n) is 8.58. The molecule has 0 saturated carbocycles. The molecule has 5 nitrogen and oxygen atoms in total. The zero-order valence-corrected chi connectivity index (χ0v) is 14.9. The minimum atomic E-state index is -0.263. The van der Waals surface area contributed by atoms with Crippen LogP contribution in [0, 0.1) is 0 Å². The maximum Gasteiger partial charge on any atom is 0.224 e. The summed E-state index contributed by atoms with van der Waals surface area (Å²) >= 11 is 6.39. The fourth-order valence-electron chi connectivity index (χ4n) is 3.23. The zero-order valence-electron chi connectivity index (χ0n) is 14.1. The van der Waals surface area contributed by atoms with E-state index in [1.54, 1.807) is 0 Å². The van der Waals surface area contributed by atoms with Crippen LogP contribution < -0.4 is 11.1 Å². The summed E-state index contributed by atoms with van der Waals surface area (Å²) in [5, 5.41) is 3.36. The van der Waals surface area contributed by atoms with Gasteiger partial charge in [-0.2, -0.15) is 0 Å². The van der Waals surface area contributed by atoms with Crippen LogP contribution in [0.4, 0.5) is 5.69 Å². The van der Waals surface area contributed by atoms with E-state index in [4.69, 9.17) is 17.3 Å².